The minimum atomic E-state index is -4.61. The number of aliphatic hydroxyl groups is 3. The Balaban J connectivity index is 2.46. The highest BCUT2D eigenvalue weighted by molar-refractivity contribution is 7.85. The summed E-state index contributed by atoms with van der Waals surface area (Å²) < 4.78 is 54.0. The third-order valence-electron chi connectivity index (χ3n) is 10.1. The van der Waals surface area contributed by atoms with Gasteiger partial charge >= 0.3 is 11.9 Å². The topological polar surface area (TPSA) is 186 Å². The van der Waals surface area contributed by atoms with E-state index in [0.29, 0.717) is 12.8 Å². The first-order chi connectivity index (χ1) is 29.0. The third-order valence-corrected chi connectivity index (χ3v) is 10.8. The molecule has 346 valence electrons. The standard InChI is InChI=1S/C47H80O12S/c1-3-5-7-9-11-13-15-17-18-19-20-21-22-24-26-28-30-32-34-36-43(49)58-40(38-57-47-46(52)45(51)44(50)41(59-47)39-60(53,54)55)37-56-42(48)35-33-31-29-27-25-23-16-14-12-10-8-6-4-2/h5,7,11,13-14,16-18,20-21,40-41,44-47,50-52H,3-4,6,8-10,12,15,19,22-39H2,1-2H3,(H,53,54,55)/b7-5-,13-11-,16-14-,18-17-,21-20-. The van der Waals surface area contributed by atoms with E-state index in [9.17, 15) is 37.9 Å². The second-order valence-electron chi connectivity index (χ2n) is 15.7. The molecule has 0 saturated carbocycles. The van der Waals surface area contributed by atoms with Gasteiger partial charge in [-0.25, -0.2) is 0 Å². The van der Waals surface area contributed by atoms with E-state index >= 15 is 0 Å². The van der Waals surface area contributed by atoms with Crippen LogP contribution < -0.4 is 0 Å². The Hall–Kier alpha value is -2.65. The fraction of sp³-hybridized carbons (Fsp3) is 0.745. The van der Waals surface area contributed by atoms with Crippen LogP contribution in [-0.4, -0.2) is 96.0 Å². The Kier molecular flexibility index (Phi) is 34.1. The molecule has 0 aliphatic carbocycles. The van der Waals surface area contributed by atoms with Gasteiger partial charge in [0.1, 0.15) is 36.8 Å². The molecule has 1 fully saturated rings. The van der Waals surface area contributed by atoms with Crippen LogP contribution in [0.4, 0.5) is 0 Å². The maximum absolute atomic E-state index is 12.8. The lowest BCUT2D eigenvalue weighted by molar-refractivity contribution is -0.297. The number of allylic oxidation sites excluding steroid dienone is 10. The average molecular weight is 869 g/mol. The normalized spacial score (nSPS) is 20.7. The molecule has 1 aliphatic rings. The first kappa shape index (κ1) is 55.4. The first-order valence-electron chi connectivity index (χ1n) is 22.8. The van der Waals surface area contributed by atoms with Crippen LogP contribution in [-0.2, 0) is 38.7 Å². The van der Waals surface area contributed by atoms with Gasteiger partial charge in [0.15, 0.2) is 12.4 Å². The number of hydrogen-bond donors (Lipinski definition) is 4. The lowest BCUT2D eigenvalue weighted by Gasteiger charge is -2.40. The summed E-state index contributed by atoms with van der Waals surface area (Å²) in [5.74, 6) is -2.02. The first-order valence-corrected chi connectivity index (χ1v) is 24.5. The molecule has 0 amide bonds. The number of hydrogen-bond acceptors (Lipinski definition) is 11. The number of carbonyl (C=O) groups is 2. The highest BCUT2D eigenvalue weighted by atomic mass is 32.2. The molecule has 0 aromatic heterocycles. The van der Waals surface area contributed by atoms with Crippen LogP contribution in [0.25, 0.3) is 0 Å². The predicted octanol–water partition coefficient (Wildman–Crippen LogP) is 9.34. The molecule has 0 radical (unpaired) electrons. The maximum atomic E-state index is 12.8. The number of rotatable bonds is 37. The zero-order valence-electron chi connectivity index (χ0n) is 36.8. The summed E-state index contributed by atoms with van der Waals surface area (Å²) in [5.41, 5.74) is 0. The highest BCUT2D eigenvalue weighted by Gasteiger charge is 2.46. The van der Waals surface area contributed by atoms with Crippen LogP contribution in [0.5, 0.6) is 0 Å². The van der Waals surface area contributed by atoms with E-state index in [2.05, 4.69) is 74.6 Å². The average Bonchev–Trinajstić information content (AvgIpc) is 3.21. The van der Waals surface area contributed by atoms with Crippen molar-refractivity contribution in [2.45, 2.75) is 205 Å². The molecule has 0 spiro atoms. The highest BCUT2D eigenvalue weighted by Crippen LogP contribution is 2.24. The van der Waals surface area contributed by atoms with Crippen LogP contribution in [0, 0.1) is 0 Å². The van der Waals surface area contributed by atoms with Crippen molar-refractivity contribution in [2.24, 2.45) is 0 Å². The molecule has 6 atom stereocenters. The Morgan fingerprint density at radius 1 is 0.583 bits per heavy atom. The molecule has 12 nitrogen and oxygen atoms in total. The maximum Gasteiger partial charge on any atom is 0.306 e. The number of unbranched alkanes of at least 4 members (excludes halogenated alkanes) is 15. The molecule has 1 aliphatic heterocycles. The SMILES string of the molecule is CC/C=C\C/C=C\C/C=C\C/C=C\CCCCCCCCC(=O)OC(COC(=O)CCCCCCC/C=C\CCCCCC)COC1OC(CS(=O)(=O)O)C(O)C(O)C1O. The molecule has 0 aromatic carbocycles. The summed E-state index contributed by atoms with van der Waals surface area (Å²) in [5, 5.41) is 30.9. The molecule has 6 unspecified atom stereocenters. The van der Waals surface area contributed by atoms with Gasteiger partial charge < -0.3 is 34.3 Å². The van der Waals surface area contributed by atoms with Crippen molar-refractivity contribution in [3.05, 3.63) is 60.8 Å². The van der Waals surface area contributed by atoms with Gasteiger partial charge in [0.2, 0.25) is 0 Å². The third kappa shape index (κ3) is 31.2. The smallest absolute Gasteiger partial charge is 0.306 e. The van der Waals surface area contributed by atoms with Crippen molar-refractivity contribution in [3.8, 4) is 0 Å². The van der Waals surface area contributed by atoms with Gasteiger partial charge in [-0.05, 0) is 77.0 Å². The van der Waals surface area contributed by atoms with Crippen LogP contribution in [0.2, 0.25) is 0 Å². The molecule has 1 saturated heterocycles. The van der Waals surface area contributed by atoms with Crippen LogP contribution in [0.15, 0.2) is 60.8 Å². The van der Waals surface area contributed by atoms with Gasteiger partial charge in [0, 0.05) is 12.8 Å². The second kappa shape index (κ2) is 37.0. The van der Waals surface area contributed by atoms with Gasteiger partial charge in [-0.3, -0.25) is 14.1 Å². The Morgan fingerprint density at radius 2 is 1.05 bits per heavy atom. The van der Waals surface area contributed by atoms with Gasteiger partial charge in [0.25, 0.3) is 10.1 Å². The minimum Gasteiger partial charge on any atom is -0.462 e. The van der Waals surface area contributed by atoms with Crippen molar-refractivity contribution in [3.63, 3.8) is 0 Å². The summed E-state index contributed by atoms with van der Waals surface area (Å²) in [7, 11) is -4.61. The van der Waals surface area contributed by atoms with Crippen LogP contribution in [0.3, 0.4) is 0 Å². The Labute approximate surface area is 362 Å². The van der Waals surface area contributed by atoms with Gasteiger partial charge in [-0.15, -0.1) is 0 Å². The van der Waals surface area contributed by atoms with E-state index < -0.39 is 71.2 Å². The van der Waals surface area contributed by atoms with Crippen molar-refractivity contribution in [2.75, 3.05) is 19.0 Å². The molecule has 1 heterocycles. The number of ether oxygens (including phenoxy) is 4. The van der Waals surface area contributed by atoms with Crippen molar-refractivity contribution in [1.29, 1.82) is 0 Å². The van der Waals surface area contributed by atoms with Gasteiger partial charge in [-0.2, -0.15) is 8.42 Å². The second-order valence-corrected chi connectivity index (χ2v) is 17.2. The fourth-order valence-electron chi connectivity index (χ4n) is 6.54. The van der Waals surface area contributed by atoms with E-state index in [4.69, 9.17) is 18.9 Å². The van der Waals surface area contributed by atoms with Crippen molar-refractivity contribution in [1.82, 2.24) is 0 Å². The summed E-state index contributed by atoms with van der Waals surface area (Å²) >= 11 is 0. The fourth-order valence-corrected chi connectivity index (χ4v) is 7.23. The number of carbonyl (C=O) groups excluding carboxylic acids is 2. The molecule has 13 heteroatoms. The van der Waals surface area contributed by atoms with E-state index in [1.165, 1.54) is 25.7 Å². The van der Waals surface area contributed by atoms with E-state index in [-0.39, 0.29) is 19.4 Å². The molecular formula is C47H80O12S. The zero-order chi connectivity index (χ0) is 44.1. The predicted molar refractivity (Wildman–Crippen MR) is 238 cm³/mol. The van der Waals surface area contributed by atoms with E-state index in [1.54, 1.807) is 0 Å². The molecular weight excluding hydrogens is 789 g/mol. The van der Waals surface area contributed by atoms with Crippen LogP contribution in [0.1, 0.15) is 168 Å². The summed E-state index contributed by atoms with van der Waals surface area (Å²) in [4.78, 5) is 25.4. The van der Waals surface area contributed by atoms with Crippen molar-refractivity contribution < 1.29 is 56.8 Å². The van der Waals surface area contributed by atoms with Gasteiger partial charge in [0.05, 0.1) is 6.61 Å². The monoisotopic (exact) mass is 869 g/mol. The molecule has 4 N–H and O–H groups in total. The largest absolute Gasteiger partial charge is 0.462 e. The van der Waals surface area contributed by atoms with E-state index in [1.807, 2.05) is 0 Å². The summed E-state index contributed by atoms with van der Waals surface area (Å²) in [6, 6.07) is 0. The molecule has 0 bridgehead atoms. The Morgan fingerprint density at radius 3 is 1.58 bits per heavy atom. The lowest BCUT2D eigenvalue weighted by atomic mass is 10.00. The summed E-state index contributed by atoms with van der Waals surface area (Å²) in [6.07, 6.45) is 35.5. The molecule has 60 heavy (non-hydrogen) atoms. The number of esters is 2. The Bertz CT molecular complexity index is 1340. The quantitative estimate of drug-likeness (QED) is 0.0201. The minimum absolute atomic E-state index is 0.144. The van der Waals surface area contributed by atoms with Crippen molar-refractivity contribution >= 4 is 22.1 Å². The van der Waals surface area contributed by atoms with Gasteiger partial charge in [-0.1, -0.05) is 139 Å². The lowest BCUT2D eigenvalue weighted by Crippen LogP contribution is -2.60. The van der Waals surface area contributed by atoms with Crippen LogP contribution >= 0.6 is 0 Å². The molecule has 1 rings (SSSR count). The molecule has 0 aromatic rings. The zero-order valence-corrected chi connectivity index (χ0v) is 37.6. The summed E-state index contributed by atoms with van der Waals surface area (Å²) in [6.45, 7) is 3.60. The van der Waals surface area contributed by atoms with E-state index in [0.717, 1.165) is 103 Å². The number of aliphatic hydroxyl groups excluding tert-OH is 3.